The molecule has 6 aromatic rings. The number of ether oxygens (including phenoxy) is 3. The van der Waals surface area contributed by atoms with Crippen molar-refractivity contribution < 1.29 is 78.9 Å². The Morgan fingerprint density at radius 1 is 0.920 bits per heavy atom. The number of aliphatic carboxylic acids is 1. The van der Waals surface area contributed by atoms with Crippen LogP contribution in [0.5, 0.6) is 5.88 Å². The number of halogens is 4. The van der Waals surface area contributed by atoms with E-state index in [4.69, 9.17) is 14.2 Å². The summed E-state index contributed by atoms with van der Waals surface area (Å²) < 4.78 is 100. The standard InChI is InChI=1S/C58H54F4N10O13S3/c1-83-54-46(70-88(81,82)49-10-7-38(59)21-44(49)60)19-37(26-67-54)32-6-9-45-42(17-32)41(13-14-64-45)34-5-8-39(65-24-34)29-85-57(80)84-15-16-86-87-30-48(56(78)79)68-51(74)12-11-50(73)66-25-33-3-2-4-35-27-71(28-43(33)35)52(75)20-36-18-47(69-53(36)76)55(77)72-31-58(61,62)22-40(72)23-63/h2-10,13-14,17,19,21,24,26,36,40,47-48,70H,11-12,15-16,18,20,22,25,27-31H2,1H3,(H,66,73)(H,68,74)(H,69,76)(H,78,79)/t36-,40-,47?,48?/m0/s1. The number of alkyl halides is 2. The third-order valence-corrected chi connectivity index (χ3v) is 18.3. The maximum atomic E-state index is 14.5. The van der Waals surface area contributed by atoms with Crippen molar-refractivity contribution in [3.8, 4) is 34.2 Å². The molecule has 3 aliphatic rings. The number of aromatic nitrogens is 3. The van der Waals surface area contributed by atoms with E-state index < -0.39 is 105 Å². The number of fused-ring (bicyclic) bond motifs is 2. The number of carbonyl (C=O) groups excluding carboxylic acids is 6. The number of carbonyl (C=O) groups is 7. The summed E-state index contributed by atoms with van der Waals surface area (Å²) in [5, 5.41) is 27.4. The molecule has 0 saturated carbocycles. The smallest absolute Gasteiger partial charge is 0.480 e. The van der Waals surface area contributed by atoms with Crippen LogP contribution in [0, 0.1) is 28.9 Å². The number of nitriles is 1. The van der Waals surface area contributed by atoms with Gasteiger partial charge in [0.15, 0.2) is 0 Å². The summed E-state index contributed by atoms with van der Waals surface area (Å²) >= 11 is 0. The van der Waals surface area contributed by atoms with Crippen molar-refractivity contribution in [3.05, 3.63) is 131 Å². The second-order valence-electron chi connectivity index (χ2n) is 20.5. The van der Waals surface area contributed by atoms with Gasteiger partial charge in [-0.15, -0.1) is 0 Å². The fourth-order valence-electron chi connectivity index (χ4n) is 10.1. The molecule has 0 radical (unpaired) electrons. The zero-order valence-electron chi connectivity index (χ0n) is 46.5. The molecule has 5 N–H and O–H groups in total. The molecule has 0 bridgehead atoms. The Morgan fingerprint density at radius 3 is 2.45 bits per heavy atom. The lowest BCUT2D eigenvalue weighted by molar-refractivity contribution is -0.141. The number of anilines is 1. The normalized spacial score (nSPS) is 17.1. The van der Waals surface area contributed by atoms with Gasteiger partial charge in [0, 0.05) is 104 Å². The molecule has 30 heteroatoms. The number of pyridine rings is 3. The van der Waals surface area contributed by atoms with Crippen LogP contribution in [-0.2, 0) is 74.5 Å². The van der Waals surface area contributed by atoms with Gasteiger partial charge in [-0.1, -0.05) is 51.9 Å². The number of hydrogen-bond donors (Lipinski definition) is 5. The summed E-state index contributed by atoms with van der Waals surface area (Å²) in [5.41, 5.74) is 5.69. The predicted molar refractivity (Wildman–Crippen MR) is 310 cm³/mol. The van der Waals surface area contributed by atoms with Crippen molar-refractivity contribution in [1.82, 2.24) is 40.7 Å². The minimum atomic E-state index is -4.53. The molecule has 0 spiro atoms. The van der Waals surface area contributed by atoms with Crippen LogP contribution in [-0.4, -0.2) is 136 Å². The molecule has 88 heavy (non-hydrogen) atoms. The molecule has 2 saturated heterocycles. The maximum absolute atomic E-state index is 14.5. The van der Waals surface area contributed by atoms with Crippen LogP contribution in [0.25, 0.3) is 33.2 Å². The Kier molecular flexibility index (Phi) is 20.0. The average molecular weight is 1270 g/mol. The molecule has 460 valence electrons. The summed E-state index contributed by atoms with van der Waals surface area (Å²) in [6.45, 7) is -0.805. The number of nitrogens with zero attached hydrogens (tertiary/aromatic N) is 6. The van der Waals surface area contributed by atoms with E-state index in [0.717, 1.165) is 44.5 Å². The monoisotopic (exact) mass is 1270 g/mol. The second kappa shape index (κ2) is 27.7. The van der Waals surface area contributed by atoms with Gasteiger partial charge >= 0.3 is 12.1 Å². The van der Waals surface area contributed by atoms with Crippen LogP contribution >= 0.6 is 21.6 Å². The molecule has 3 aromatic heterocycles. The van der Waals surface area contributed by atoms with Gasteiger partial charge in [-0.25, -0.2) is 40.6 Å². The van der Waals surface area contributed by atoms with Crippen molar-refractivity contribution in [2.75, 3.05) is 36.5 Å². The number of nitrogens with one attached hydrogen (secondary N) is 4. The highest BCUT2D eigenvalue weighted by molar-refractivity contribution is 8.76. The molecule has 6 heterocycles. The van der Waals surface area contributed by atoms with Crippen LogP contribution in [0.3, 0.4) is 0 Å². The van der Waals surface area contributed by atoms with Crippen LogP contribution in [0.4, 0.5) is 28.0 Å². The SMILES string of the molecule is COc1ncc(-c2ccc3nccc(-c4ccc(COC(=O)OCCSSCC(NC(=O)CCC(=O)NCc5cccc6c5CN(C(=O)C[C@@H]5CC(C(=O)N7CC(F)(F)C[C@H]7C#N)NC5=O)C6)C(=O)O)nc4)c3c2)cc1NS(=O)(=O)c1ccc(F)cc1F. The number of rotatable bonds is 24. The predicted octanol–water partition coefficient (Wildman–Crippen LogP) is 6.64. The summed E-state index contributed by atoms with van der Waals surface area (Å²) in [7, 11) is -0.952. The number of benzene rings is 3. The molecular weight excluding hydrogens is 1220 g/mol. The lowest BCUT2D eigenvalue weighted by Gasteiger charge is -2.22. The number of hydrogen-bond acceptors (Lipinski definition) is 18. The molecule has 5 amide bonds. The van der Waals surface area contributed by atoms with E-state index in [2.05, 4.69) is 35.6 Å². The number of carboxylic acid groups (broad SMARTS) is 1. The van der Waals surface area contributed by atoms with Gasteiger partial charge in [0.1, 0.15) is 53.6 Å². The van der Waals surface area contributed by atoms with E-state index in [1.54, 1.807) is 60.9 Å². The molecule has 3 aliphatic heterocycles. The number of carboxylic acids is 1. The summed E-state index contributed by atoms with van der Waals surface area (Å²) in [5.74, 6) is -10.5. The molecule has 3 aromatic carbocycles. The van der Waals surface area contributed by atoms with Gasteiger partial charge in [0.25, 0.3) is 15.9 Å². The minimum absolute atomic E-state index is 0.0553. The van der Waals surface area contributed by atoms with Crippen LogP contribution in [0.2, 0.25) is 0 Å². The number of sulfonamides is 1. The van der Waals surface area contributed by atoms with E-state index in [-0.39, 0.29) is 87.5 Å². The molecule has 2 fully saturated rings. The Morgan fingerprint density at radius 2 is 1.70 bits per heavy atom. The molecule has 2 unspecified atom stereocenters. The van der Waals surface area contributed by atoms with Crippen LogP contribution < -0.4 is 25.4 Å². The Balaban J connectivity index is 0.664. The molecule has 23 nitrogen and oxygen atoms in total. The topological polar surface area (TPSA) is 319 Å². The lowest BCUT2D eigenvalue weighted by Crippen LogP contribution is -2.46. The maximum Gasteiger partial charge on any atom is 0.508 e. The third kappa shape index (κ3) is 15.5. The van der Waals surface area contributed by atoms with Gasteiger partial charge in [0.05, 0.1) is 30.9 Å². The molecule has 0 aliphatic carbocycles. The van der Waals surface area contributed by atoms with E-state index in [9.17, 15) is 69.9 Å². The minimum Gasteiger partial charge on any atom is -0.480 e. The fourth-order valence-corrected chi connectivity index (χ4v) is 13.2. The summed E-state index contributed by atoms with van der Waals surface area (Å²) in [4.78, 5) is 104. The van der Waals surface area contributed by atoms with Gasteiger partial charge in [-0.2, -0.15) is 5.26 Å². The first kappa shape index (κ1) is 63.4. The van der Waals surface area contributed by atoms with E-state index in [1.165, 1.54) is 35.1 Å². The highest BCUT2D eigenvalue weighted by Gasteiger charge is 2.50. The molecule has 9 rings (SSSR count). The van der Waals surface area contributed by atoms with E-state index in [0.29, 0.717) is 44.9 Å². The first-order chi connectivity index (χ1) is 42.1. The lowest BCUT2D eigenvalue weighted by atomic mass is 9.98. The quantitative estimate of drug-likeness (QED) is 0.0183. The van der Waals surface area contributed by atoms with Crippen molar-refractivity contribution >= 4 is 89.9 Å². The van der Waals surface area contributed by atoms with E-state index >= 15 is 0 Å². The van der Waals surface area contributed by atoms with Crippen LogP contribution in [0.15, 0.2) is 102 Å². The Labute approximate surface area is 507 Å². The van der Waals surface area contributed by atoms with Crippen LogP contribution in [0.1, 0.15) is 54.5 Å². The van der Waals surface area contributed by atoms with Gasteiger partial charge in [-0.05, 0) is 76.7 Å². The summed E-state index contributed by atoms with van der Waals surface area (Å²) in [6, 6.07) is 17.4. The zero-order chi connectivity index (χ0) is 62.9. The Bertz CT molecular complexity index is 3870. The molecular formula is C58H54F4N10O13S3. The average Bonchev–Trinajstić information content (AvgIpc) is 1.64. The van der Waals surface area contributed by atoms with Crippen molar-refractivity contribution in [3.63, 3.8) is 0 Å². The number of amides is 5. The fraction of sp³-hybridized carbons (Fsp3) is 0.328. The third-order valence-electron chi connectivity index (χ3n) is 14.5. The van der Waals surface area contributed by atoms with Gasteiger partial charge in [0.2, 0.25) is 35.4 Å². The second-order valence-corrected chi connectivity index (χ2v) is 24.8. The molecule has 4 atom stereocenters. The highest BCUT2D eigenvalue weighted by atomic mass is 33.1. The first-order valence-electron chi connectivity index (χ1n) is 27.0. The van der Waals surface area contributed by atoms with Crippen molar-refractivity contribution in [2.24, 2.45) is 5.92 Å². The first-order valence-corrected chi connectivity index (χ1v) is 31.0. The largest absolute Gasteiger partial charge is 0.508 e. The zero-order valence-corrected chi connectivity index (χ0v) is 49.0. The number of likely N-dealkylation sites (tertiary alicyclic amines) is 1. The number of methoxy groups -OCH3 is 1. The van der Waals surface area contributed by atoms with Gasteiger partial charge in [-0.3, -0.25) is 38.7 Å². The highest BCUT2D eigenvalue weighted by Crippen LogP contribution is 2.37. The van der Waals surface area contributed by atoms with Gasteiger partial charge < -0.3 is 45.1 Å². The Hall–Kier alpha value is -9.08. The van der Waals surface area contributed by atoms with Crippen molar-refractivity contribution in [2.45, 2.75) is 87.3 Å². The van der Waals surface area contributed by atoms with Crippen molar-refractivity contribution in [1.29, 1.82) is 5.26 Å². The summed E-state index contributed by atoms with van der Waals surface area (Å²) in [6.07, 6.45) is 1.99. The van der Waals surface area contributed by atoms with E-state index in [1.807, 2.05) is 12.1 Å².